The minimum Gasteiger partial charge on any atom is -0.378 e. The SMILES string of the molecule is CCC(CC)C1CC(NC(=O)c2ccncc2)CCO1. The summed E-state index contributed by atoms with van der Waals surface area (Å²) in [5, 5.41) is 3.12. The Kier molecular flexibility index (Phi) is 5.53. The Morgan fingerprint density at radius 1 is 1.40 bits per heavy atom. The highest BCUT2D eigenvalue weighted by molar-refractivity contribution is 5.94. The summed E-state index contributed by atoms with van der Waals surface area (Å²) in [5.74, 6) is 0.582. The molecule has 1 N–H and O–H groups in total. The number of carbonyl (C=O) groups excluding carboxylic acids is 1. The van der Waals surface area contributed by atoms with Crippen molar-refractivity contribution in [2.24, 2.45) is 5.92 Å². The highest BCUT2D eigenvalue weighted by Gasteiger charge is 2.28. The van der Waals surface area contributed by atoms with Crippen molar-refractivity contribution in [1.29, 1.82) is 0 Å². The molecule has 0 aromatic carbocycles. The molecule has 4 heteroatoms. The van der Waals surface area contributed by atoms with E-state index in [2.05, 4.69) is 24.1 Å². The zero-order chi connectivity index (χ0) is 14.4. The van der Waals surface area contributed by atoms with E-state index in [9.17, 15) is 4.79 Å². The van der Waals surface area contributed by atoms with Crippen LogP contribution in [-0.4, -0.2) is 29.6 Å². The maximum absolute atomic E-state index is 12.1. The molecular weight excluding hydrogens is 252 g/mol. The van der Waals surface area contributed by atoms with Gasteiger partial charge in [0.2, 0.25) is 0 Å². The molecule has 1 aliphatic rings. The Hall–Kier alpha value is -1.42. The first kappa shape index (κ1) is 15.0. The first-order valence-corrected chi connectivity index (χ1v) is 7.57. The summed E-state index contributed by atoms with van der Waals surface area (Å²) in [6, 6.07) is 3.70. The number of nitrogens with zero attached hydrogens (tertiary/aromatic N) is 1. The van der Waals surface area contributed by atoms with Gasteiger partial charge in [-0.2, -0.15) is 0 Å². The van der Waals surface area contributed by atoms with E-state index in [1.165, 1.54) is 0 Å². The maximum atomic E-state index is 12.1. The monoisotopic (exact) mass is 276 g/mol. The van der Waals surface area contributed by atoms with Gasteiger partial charge in [-0.1, -0.05) is 26.7 Å². The fourth-order valence-corrected chi connectivity index (χ4v) is 2.87. The minimum atomic E-state index is -0.0115. The summed E-state index contributed by atoms with van der Waals surface area (Å²) in [5.41, 5.74) is 0.672. The van der Waals surface area contributed by atoms with E-state index < -0.39 is 0 Å². The Morgan fingerprint density at radius 3 is 2.75 bits per heavy atom. The van der Waals surface area contributed by atoms with E-state index in [1.54, 1.807) is 24.5 Å². The zero-order valence-electron chi connectivity index (χ0n) is 12.3. The molecule has 0 bridgehead atoms. The van der Waals surface area contributed by atoms with Crippen LogP contribution in [0, 0.1) is 5.92 Å². The van der Waals surface area contributed by atoms with Gasteiger partial charge in [0, 0.05) is 30.6 Å². The summed E-state index contributed by atoms with van der Waals surface area (Å²) in [6.45, 7) is 5.15. The normalized spacial score (nSPS) is 22.8. The van der Waals surface area contributed by atoms with Crippen LogP contribution in [-0.2, 0) is 4.74 Å². The molecule has 2 unspecified atom stereocenters. The molecular formula is C16H24N2O2. The number of carbonyl (C=O) groups is 1. The Bertz CT molecular complexity index is 418. The molecule has 0 radical (unpaired) electrons. The molecule has 2 atom stereocenters. The second-order valence-electron chi connectivity index (χ2n) is 5.42. The number of nitrogens with one attached hydrogen (secondary N) is 1. The number of rotatable bonds is 5. The number of pyridine rings is 1. The molecule has 0 aliphatic carbocycles. The van der Waals surface area contributed by atoms with Gasteiger partial charge in [-0.05, 0) is 30.9 Å². The number of aromatic nitrogens is 1. The molecule has 1 aromatic heterocycles. The molecule has 2 rings (SSSR count). The zero-order valence-corrected chi connectivity index (χ0v) is 12.3. The lowest BCUT2D eigenvalue weighted by Gasteiger charge is -2.34. The van der Waals surface area contributed by atoms with Gasteiger partial charge < -0.3 is 10.1 Å². The summed E-state index contributed by atoms with van der Waals surface area (Å²) in [4.78, 5) is 16.1. The number of amides is 1. The smallest absolute Gasteiger partial charge is 0.251 e. The lowest BCUT2D eigenvalue weighted by Crippen LogP contribution is -2.44. The van der Waals surface area contributed by atoms with E-state index in [1.807, 2.05) is 0 Å². The molecule has 0 saturated carbocycles. The van der Waals surface area contributed by atoms with Gasteiger partial charge in [0.25, 0.3) is 5.91 Å². The van der Waals surface area contributed by atoms with Crippen molar-refractivity contribution in [1.82, 2.24) is 10.3 Å². The first-order chi connectivity index (χ1) is 9.74. The standard InChI is InChI=1S/C16H24N2O2/c1-3-12(4-2)15-11-14(7-10-20-15)18-16(19)13-5-8-17-9-6-13/h5-6,8-9,12,14-15H,3-4,7,10-11H2,1-2H3,(H,18,19). The molecule has 4 nitrogen and oxygen atoms in total. The highest BCUT2D eigenvalue weighted by Crippen LogP contribution is 2.25. The third kappa shape index (κ3) is 3.79. The Labute approximate surface area is 120 Å². The van der Waals surface area contributed by atoms with E-state index >= 15 is 0 Å². The minimum absolute atomic E-state index is 0.0115. The van der Waals surface area contributed by atoms with Crippen LogP contribution in [0.2, 0.25) is 0 Å². The van der Waals surface area contributed by atoms with E-state index in [0.29, 0.717) is 11.5 Å². The average Bonchev–Trinajstić information content (AvgIpc) is 2.50. The number of ether oxygens (including phenoxy) is 1. The molecule has 1 saturated heterocycles. The van der Waals surface area contributed by atoms with E-state index in [4.69, 9.17) is 4.74 Å². The quantitative estimate of drug-likeness (QED) is 0.899. The van der Waals surface area contributed by atoms with Crippen molar-refractivity contribution in [3.8, 4) is 0 Å². The van der Waals surface area contributed by atoms with Gasteiger partial charge in [0.1, 0.15) is 0 Å². The Morgan fingerprint density at radius 2 is 2.10 bits per heavy atom. The van der Waals surface area contributed by atoms with E-state index in [0.717, 1.165) is 32.3 Å². The predicted octanol–water partition coefficient (Wildman–Crippen LogP) is 2.80. The summed E-state index contributed by atoms with van der Waals surface area (Å²) >= 11 is 0. The molecule has 1 aliphatic heterocycles. The van der Waals surface area contributed by atoms with Crippen LogP contribution >= 0.6 is 0 Å². The highest BCUT2D eigenvalue weighted by atomic mass is 16.5. The molecule has 1 fully saturated rings. The summed E-state index contributed by atoms with van der Waals surface area (Å²) in [7, 11) is 0. The van der Waals surface area contributed by atoms with Gasteiger partial charge in [0.05, 0.1) is 6.10 Å². The lowest BCUT2D eigenvalue weighted by atomic mass is 9.89. The van der Waals surface area contributed by atoms with Gasteiger partial charge >= 0.3 is 0 Å². The van der Waals surface area contributed by atoms with Crippen molar-refractivity contribution >= 4 is 5.91 Å². The first-order valence-electron chi connectivity index (χ1n) is 7.57. The van der Waals surface area contributed by atoms with Crippen LogP contribution in [0.25, 0.3) is 0 Å². The second-order valence-corrected chi connectivity index (χ2v) is 5.42. The van der Waals surface area contributed by atoms with Crippen molar-refractivity contribution in [2.45, 2.75) is 51.7 Å². The van der Waals surface area contributed by atoms with E-state index in [-0.39, 0.29) is 18.1 Å². The van der Waals surface area contributed by atoms with Gasteiger partial charge in [-0.15, -0.1) is 0 Å². The van der Waals surface area contributed by atoms with Crippen LogP contribution in [0.4, 0.5) is 0 Å². The van der Waals surface area contributed by atoms with Crippen molar-refractivity contribution < 1.29 is 9.53 Å². The average molecular weight is 276 g/mol. The Balaban J connectivity index is 1.91. The number of hydrogen-bond acceptors (Lipinski definition) is 3. The molecule has 110 valence electrons. The number of hydrogen-bond donors (Lipinski definition) is 1. The fraction of sp³-hybridized carbons (Fsp3) is 0.625. The van der Waals surface area contributed by atoms with Crippen molar-refractivity contribution in [3.63, 3.8) is 0 Å². The topological polar surface area (TPSA) is 51.2 Å². The van der Waals surface area contributed by atoms with Crippen LogP contribution in [0.1, 0.15) is 49.9 Å². The van der Waals surface area contributed by atoms with Crippen LogP contribution in [0.15, 0.2) is 24.5 Å². The molecule has 20 heavy (non-hydrogen) atoms. The van der Waals surface area contributed by atoms with Crippen molar-refractivity contribution in [3.05, 3.63) is 30.1 Å². The maximum Gasteiger partial charge on any atom is 0.251 e. The molecule has 2 heterocycles. The summed E-state index contributed by atoms with van der Waals surface area (Å²) < 4.78 is 5.88. The van der Waals surface area contributed by atoms with Gasteiger partial charge in [-0.25, -0.2) is 0 Å². The predicted molar refractivity (Wildman–Crippen MR) is 78.5 cm³/mol. The van der Waals surface area contributed by atoms with Crippen LogP contribution in [0.3, 0.4) is 0 Å². The van der Waals surface area contributed by atoms with Gasteiger partial charge in [-0.3, -0.25) is 9.78 Å². The molecule has 1 aromatic rings. The third-order valence-electron chi connectivity index (χ3n) is 4.17. The van der Waals surface area contributed by atoms with Crippen LogP contribution in [0.5, 0.6) is 0 Å². The summed E-state index contributed by atoms with van der Waals surface area (Å²) in [6.07, 6.45) is 7.65. The second kappa shape index (κ2) is 7.39. The van der Waals surface area contributed by atoms with Crippen LogP contribution < -0.4 is 5.32 Å². The fourth-order valence-electron chi connectivity index (χ4n) is 2.87. The lowest BCUT2D eigenvalue weighted by molar-refractivity contribution is -0.0337. The molecule has 1 amide bonds. The van der Waals surface area contributed by atoms with Crippen molar-refractivity contribution in [2.75, 3.05) is 6.61 Å². The third-order valence-corrected chi connectivity index (χ3v) is 4.17. The molecule has 0 spiro atoms. The van der Waals surface area contributed by atoms with Gasteiger partial charge in [0.15, 0.2) is 0 Å². The largest absolute Gasteiger partial charge is 0.378 e.